The third kappa shape index (κ3) is 2.41. The van der Waals surface area contributed by atoms with E-state index >= 15 is 0 Å². The van der Waals surface area contributed by atoms with Gasteiger partial charge in [0.2, 0.25) is 11.9 Å². The van der Waals surface area contributed by atoms with Gasteiger partial charge in [-0.2, -0.15) is 0 Å². The number of hydrogen-bond acceptors (Lipinski definition) is 5. The minimum Gasteiger partial charge on any atom is -0.342 e. The van der Waals surface area contributed by atoms with Crippen molar-refractivity contribution in [1.82, 2.24) is 25.3 Å². The molecule has 0 saturated carbocycles. The van der Waals surface area contributed by atoms with Crippen LogP contribution in [0.15, 0.2) is 24.3 Å². The van der Waals surface area contributed by atoms with Crippen LogP contribution in [0.3, 0.4) is 0 Å². The third-order valence-electron chi connectivity index (χ3n) is 5.98. The molecule has 2 aromatic rings. The molecule has 3 fully saturated rings. The fraction of sp³-hybridized carbons (Fsp3) is 0.556. The van der Waals surface area contributed by atoms with Crippen LogP contribution >= 0.6 is 0 Å². The van der Waals surface area contributed by atoms with E-state index in [0.29, 0.717) is 11.8 Å². The second kappa shape index (κ2) is 5.71. The molecule has 3 saturated heterocycles. The molecule has 132 valence electrons. The first-order chi connectivity index (χ1) is 12.2. The number of benzene rings is 1. The number of rotatable bonds is 2. The van der Waals surface area contributed by atoms with E-state index in [-0.39, 0.29) is 11.9 Å². The molecule has 7 heteroatoms. The van der Waals surface area contributed by atoms with Crippen molar-refractivity contribution < 1.29 is 4.79 Å². The lowest BCUT2D eigenvalue weighted by Crippen LogP contribution is -2.45. The maximum absolute atomic E-state index is 12.6. The fourth-order valence-corrected chi connectivity index (χ4v) is 4.64. The van der Waals surface area contributed by atoms with Gasteiger partial charge < -0.3 is 14.4 Å². The highest BCUT2D eigenvalue weighted by Gasteiger charge is 2.44. The second-order valence-electron chi connectivity index (χ2n) is 7.54. The molecular formula is C18H24N6O. The van der Waals surface area contributed by atoms with Gasteiger partial charge in [-0.15, -0.1) is 0 Å². The highest BCUT2D eigenvalue weighted by molar-refractivity contribution is 5.82. The van der Waals surface area contributed by atoms with Crippen LogP contribution in [0.25, 0.3) is 11.0 Å². The summed E-state index contributed by atoms with van der Waals surface area (Å²) >= 11 is 0. The Balaban J connectivity index is 1.30. The number of likely N-dealkylation sites (tertiary alicyclic amines) is 1. The molecule has 3 aliphatic rings. The number of nitrogens with zero attached hydrogens (tertiary/aromatic N) is 4. The summed E-state index contributed by atoms with van der Waals surface area (Å²) in [4.78, 5) is 21.9. The average Bonchev–Trinajstić information content (AvgIpc) is 3.37. The van der Waals surface area contributed by atoms with Crippen molar-refractivity contribution in [2.75, 3.05) is 37.6 Å². The fourth-order valence-electron chi connectivity index (χ4n) is 4.64. The molecule has 3 aliphatic heterocycles. The van der Waals surface area contributed by atoms with Gasteiger partial charge >= 0.3 is 0 Å². The number of hydrazine groups is 1. The predicted octanol–water partition coefficient (Wildman–Crippen LogP) is 0.334. The lowest BCUT2D eigenvalue weighted by atomic mass is 10.0. The number of imidazole rings is 1. The zero-order valence-corrected chi connectivity index (χ0v) is 14.5. The smallest absolute Gasteiger partial charge is 0.241 e. The number of para-hydroxylation sites is 2. The van der Waals surface area contributed by atoms with E-state index in [1.165, 1.54) is 5.52 Å². The molecule has 3 unspecified atom stereocenters. The van der Waals surface area contributed by atoms with Crippen LogP contribution in [0, 0.1) is 11.8 Å². The number of carbonyl (C=O) groups excluding carboxylic acids is 1. The molecule has 1 aromatic carbocycles. The summed E-state index contributed by atoms with van der Waals surface area (Å²) in [5.41, 5.74) is 8.37. The lowest BCUT2D eigenvalue weighted by molar-refractivity contribution is -0.132. The minimum absolute atomic E-state index is 0.0465. The molecule has 0 radical (unpaired) electrons. The Morgan fingerprint density at radius 2 is 1.92 bits per heavy atom. The van der Waals surface area contributed by atoms with Crippen molar-refractivity contribution >= 4 is 22.9 Å². The van der Waals surface area contributed by atoms with Crippen molar-refractivity contribution in [2.45, 2.75) is 12.5 Å². The summed E-state index contributed by atoms with van der Waals surface area (Å²) in [5.74, 6) is 2.42. The molecule has 1 aromatic heterocycles. The Morgan fingerprint density at radius 1 is 1.16 bits per heavy atom. The van der Waals surface area contributed by atoms with Gasteiger partial charge in [0.05, 0.1) is 11.0 Å². The number of fused-ring (bicyclic) bond motifs is 2. The molecular weight excluding hydrogens is 316 g/mol. The number of carbonyl (C=O) groups is 1. The number of nitrogens with one attached hydrogen (secondary N) is 2. The van der Waals surface area contributed by atoms with Crippen LogP contribution in [0.2, 0.25) is 0 Å². The van der Waals surface area contributed by atoms with E-state index in [1.807, 2.05) is 6.07 Å². The van der Waals surface area contributed by atoms with E-state index in [9.17, 15) is 4.79 Å². The van der Waals surface area contributed by atoms with Gasteiger partial charge in [0.1, 0.15) is 6.04 Å². The highest BCUT2D eigenvalue weighted by atomic mass is 16.2. The number of anilines is 1. The Labute approximate surface area is 146 Å². The summed E-state index contributed by atoms with van der Waals surface area (Å²) in [5, 5.41) is 0. The highest BCUT2D eigenvalue weighted by Crippen LogP contribution is 2.34. The minimum atomic E-state index is -0.0465. The average molecular weight is 340 g/mol. The molecule has 3 atom stereocenters. The molecule has 25 heavy (non-hydrogen) atoms. The molecule has 7 nitrogen and oxygen atoms in total. The second-order valence-corrected chi connectivity index (χ2v) is 7.54. The normalized spacial score (nSPS) is 28.9. The summed E-state index contributed by atoms with van der Waals surface area (Å²) in [6, 6.07) is 8.23. The standard InChI is InChI=1S/C18H24N6O/c1-22-16-5-3-2-4-14(16)20-18(22)24-10-12-8-23(9-13(12)11-24)17(25)15-6-7-19-21-15/h2-5,12-13,15,19,21H,6-11H2,1H3. The van der Waals surface area contributed by atoms with Gasteiger partial charge in [-0.05, 0) is 18.6 Å². The first-order valence-corrected chi connectivity index (χ1v) is 9.14. The van der Waals surface area contributed by atoms with Gasteiger partial charge in [0.15, 0.2) is 0 Å². The van der Waals surface area contributed by atoms with Crippen molar-refractivity contribution in [3.05, 3.63) is 24.3 Å². The van der Waals surface area contributed by atoms with Crippen LogP contribution in [0.4, 0.5) is 5.95 Å². The van der Waals surface area contributed by atoms with Gasteiger partial charge in [0, 0.05) is 51.6 Å². The van der Waals surface area contributed by atoms with Crippen molar-refractivity contribution in [3.63, 3.8) is 0 Å². The van der Waals surface area contributed by atoms with E-state index in [4.69, 9.17) is 4.98 Å². The van der Waals surface area contributed by atoms with Gasteiger partial charge in [-0.3, -0.25) is 10.2 Å². The number of amides is 1. The zero-order valence-electron chi connectivity index (χ0n) is 14.5. The Hall–Kier alpha value is -2.12. The number of hydrogen-bond donors (Lipinski definition) is 2. The summed E-state index contributed by atoms with van der Waals surface area (Å²) < 4.78 is 2.19. The monoisotopic (exact) mass is 340 g/mol. The van der Waals surface area contributed by atoms with E-state index in [1.54, 1.807) is 0 Å². The van der Waals surface area contributed by atoms with Crippen molar-refractivity contribution in [2.24, 2.45) is 18.9 Å². The molecule has 1 amide bonds. The third-order valence-corrected chi connectivity index (χ3v) is 5.98. The van der Waals surface area contributed by atoms with E-state index in [0.717, 1.165) is 50.6 Å². The van der Waals surface area contributed by atoms with Crippen LogP contribution in [-0.4, -0.2) is 59.1 Å². The van der Waals surface area contributed by atoms with Crippen molar-refractivity contribution in [3.8, 4) is 0 Å². The molecule has 0 aliphatic carbocycles. The predicted molar refractivity (Wildman–Crippen MR) is 96.0 cm³/mol. The largest absolute Gasteiger partial charge is 0.342 e. The molecule has 5 rings (SSSR count). The zero-order chi connectivity index (χ0) is 17.0. The van der Waals surface area contributed by atoms with Gasteiger partial charge in [-0.1, -0.05) is 12.1 Å². The lowest BCUT2D eigenvalue weighted by Gasteiger charge is -2.24. The Kier molecular flexibility index (Phi) is 3.46. The summed E-state index contributed by atoms with van der Waals surface area (Å²) in [6.45, 7) is 4.60. The van der Waals surface area contributed by atoms with Crippen molar-refractivity contribution in [1.29, 1.82) is 0 Å². The molecule has 0 bridgehead atoms. The molecule has 4 heterocycles. The maximum Gasteiger partial charge on any atom is 0.241 e. The van der Waals surface area contributed by atoms with E-state index in [2.05, 4.69) is 50.5 Å². The number of aromatic nitrogens is 2. The molecule has 2 N–H and O–H groups in total. The van der Waals surface area contributed by atoms with Crippen LogP contribution < -0.4 is 15.8 Å². The van der Waals surface area contributed by atoms with Crippen LogP contribution in [0.5, 0.6) is 0 Å². The van der Waals surface area contributed by atoms with Crippen LogP contribution in [-0.2, 0) is 11.8 Å². The van der Waals surface area contributed by atoms with Gasteiger partial charge in [-0.25, -0.2) is 10.4 Å². The molecule has 0 spiro atoms. The quantitative estimate of drug-likeness (QED) is 0.825. The summed E-state index contributed by atoms with van der Waals surface area (Å²) in [7, 11) is 2.09. The first-order valence-electron chi connectivity index (χ1n) is 9.14. The van der Waals surface area contributed by atoms with E-state index < -0.39 is 0 Å². The maximum atomic E-state index is 12.6. The topological polar surface area (TPSA) is 65.4 Å². The Bertz CT molecular complexity index is 797. The van der Waals surface area contributed by atoms with Gasteiger partial charge in [0.25, 0.3) is 0 Å². The SMILES string of the molecule is Cn1c(N2CC3CN(C(=O)C4CCNN4)CC3C2)nc2ccccc21. The number of aryl methyl sites for hydroxylation is 1. The van der Waals surface area contributed by atoms with Crippen LogP contribution in [0.1, 0.15) is 6.42 Å². The summed E-state index contributed by atoms with van der Waals surface area (Å²) in [6.07, 6.45) is 0.886. The first kappa shape index (κ1) is 15.2. The Morgan fingerprint density at radius 3 is 2.60 bits per heavy atom.